The fourth-order valence-corrected chi connectivity index (χ4v) is 5.97. The molecule has 28 heavy (non-hydrogen) atoms. The second-order valence-corrected chi connectivity index (χ2v) is 9.02. The molecule has 5 nitrogen and oxygen atoms in total. The van der Waals surface area contributed by atoms with E-state index in [1.54, 1.807) is 48.5 Å². The standard InChI is InChI=1S/C21H17BrClNO4/c22-18-14-9-15-17(21(26)28-19(15)18)16(14)20(25)24-11-3-7-13(8-4-11)27-12-5-1-10(23)2-6-12/h1-8,14-19H,9H2,(H,24,25)/t14-,15-,16-,17+,18+,19+/m1/s1. The van der Waals surface area contributed by atoms with Crippen molar-refractivity contribution < 1.29 is 19.1 Å². The molecular weight excluding hydrogens is 446 g/mol. The van der Waals surface area contributed by atoms with Gasteiger partial charge in [-0.15, -0.1) is 0 Å². The number of amides is 1. The van der Waals surface area contributed by atoms with Gasteiger partial charge in [0.15, 0.2) is 0 Å². The summed E-state index contributed by atoms with van der Waals surface area (Å²) in [6, 6.07) is 14.3. The number of fused-ring (bicyclic) bond motifs is 1. The molecule has 1 N–H and O–H groups in total. The van der Waals surface area contributed by atoms with Crippen molar-refractivity contribution >= 4 is 45.1 Å². The first-order valence-corrected chi connectivity index (χ1v) is 10.5. The molecule has 2 bridgehead atoms. The van der Waals surface area contributed by atoms with Gasteiger partial charge in [-0.1, -0.05) is 27.5 Å². The molecule has 6 atom stereocenters. The Bertz CT molecular complexity index is 932. The number of nitrogens with one attached hydrogen (secondary N) is 1. The smallest absolute Gasteiger partial charge is 0.310 e. The Labute approximate surface area is 175 Å². The SMILES string of the molecule is O=C(Nc1ccc(Oc2ccc(Cl)cc2)cc1)[C@@H]1[C@H]2C[C@H]3[C@H](OC(=O)[C@@H]31)[C@H]2Br. The minimum atomic E-state index is -0.342. The lowest BCUT2D eigenvalue weighted by molar-refractivity contribution is -0.145. The molecule has 0 radical (unpaired) electrons. The fraction of sp³-hybridized carbons (Fsp3) is 0.333. The van der Waals surface area contributed by atoms with Gasteiger partial charge >= 0.3 is 5.97 Å². The summed E-state index contributed by atoms with van der Waals surface area (Å²) < 4.78 is 11.2. The average Bonchev–Trinajstić information content (AvgIpc) is 3.29. The summed E-state index contributed by atoms with van der Waals surface area (Å²) in [5.41, 5.74) is 0.672. The molecule has 2 aromatic rings. The first-order chi connectivity index (χ1) is 13.5. The minimum Gasteiger partial charge on any atom is -0.461 e. The molecule has 0 unspecified atom stereocenters. The third-order valence-corrected chi connectivity index (χ3v) is 7.45. The Morgan fingerprint density at radius 1 is 1.07 bits per heavy atom. The molecule has 3 fully saturated rings. The molecular formula is C21H17BrClNO4. The zero-order valence-corrected chi connectivity index (χ0v) is 17.0. The van der Waals surface area contributed by atoms with Crippen molar-refractivity contribution in [3.05, 3.63) is 53.6 Å². The van der Waals surface area contributed by atoms with Crippen LogP contribution < -0.4 is 10.1 Å². The van der Waals surface area contributed by atoms with Gasteiger partial charge in [0.1, 0.15) is 17.6 Å². The highest BCUT2D eigenvalue weighted by Crippen LogP contribution is 2.60. The van der Waals surface area contributed by atoms with E-state index in [4.69, 9.17) is 21.1 Å². The largest absolute Gasteiger partial charge is 0.461 e. The zero-order chi connectivity index (χ0) is 19.4. The van der Waals surface area contributed by atoms with Crippen LogP contribution in [-0.4, -0.2) is 22.8 Å². The average molecular weight is 463 g/mol. The molecule has 144 valence electrons. The van der Waals surface area contributed by atoms with Crippen LogP contribution in [0.1, 0.15) is 6.42 Å². The number of alkyl halides is 1. The molecule has 2 saturated carbocycles. The highest BCUT2D eigenvalue weighted by molar-refractivity contribution is 9.09. The zero-order valence-electron chi connectivity index (χ0n) is 14.7. The maximum Gasteiger partial charge on any atom is 0.310 e. The molecule has 5 rings (SSSR count). The number of carbonyl (C=O) groups excluding carboxylic acids is 2. The Morgan fingerprint density at radius 3 is 2.39 bits per heavy atom. The molecule has 3 aliphatic rings. The molecule has 1 heterocycles. The summed E-state index contributed by atoms with van der Waals surface area (Å²) in [5.74, 6) is 0.634. The van der Waals surface area contributed by atoms with Gasteiger partial charge in [-0.05, 0) is 60.9 Å². The van der Waals surface area contributed by atoms with Crippen LogP contribution in [0.15, 0.2) is 48.5 Å². The monoisotopic (exact) mass is 461 g/mol. The molecule has 1 saturated heterocycles. The van der Waals surface area contributed by atoms with Crippen LogP contribution in [0.2, 0.25) is 5.02 Å². The van der Waals surface area contributed by atoms with Gasteiger partial charge in [-0.2, -0.15) is 0 Å². The molecule has 2 aliphatic carbocycles. The highest BCUT2D eigenvalue weighted by atomic mass is 79.9. The Morgan fingerprint density at radius 2 is 1.71 bits per heavy atom. The van der Waals surface area contributed by atoms with Crippen LogP contribution in [-0.2, 0) is 14.3 Å². The van der Waals surface area contributed by atoms with Crippen molar-refractivity contribution in [1.29, 1.82) is 0 Å². The van der Waals surface area contributed by atoms with Crippen LogP contribution in [0.5, 0.6) is 11.5 Å². The van der Waals surface area contributed by atoms with Gasteiger partial charge in [0, 0.05) is 16.6 Å². The van der Waals surface area contributed by atoms with Crippen LogP contribution >= 0.6 is 27.5 Å². The number of ether oxygens (including phenoxy) is 2. The predicted octanol–water partition coefficient (Wildman–Crippen LogP) is 4.64. The van der Waals surface area contributed by atoms with E-state index in [2.05, 4.69) is 21.2 Å². The molecule has 2 aromatic carbocycles. The van der Waals surface area contributed by atoms with E-state index in [9.17, 15) is 9.59 Å². The summed E-state index contributed by atoms with van der Waals surface area (Å²) in [5, 5.41) is 3.60. The van der Waals surface area contributed by atoms with Gasteiger partial charge in [-0.25, -0.2) is 0 Å². The van der Waals surface area contributed by atoms with E-state index >= 15 is 0 Å². The van der Waals surface area contributed by atoms with Crippen LogP contribution in [0.25, 0.3) is 0 Å². The molecule has 7 heteroatoms. The Balaban J connectivity index is 1.27. The summed E-state index contributed by atoms with van der Waals surface area (Å²) in [6.45, 7) is 0. The molecule has 1 amide bonds. The number of anilines is 1. The highest BCUT2D eigenvalue weighted by Gasteiger charge is 2.67. The molecule has 0 aromatic heterocycles. The van der Waals surface area contributed by atoms with E-state index in [-0.39, 0.29) is 46.5 Å². The summed E-state index contributed by atoms with van der Waals surface area (Å²) in [4.78, 5) is 25.2. The lowest BCUT2D eigenvalue weighted by Gasteiger charge is -2.27. The van der Waals surface area contributed by atoms with Crippen LogP contribution in [0.4, 0.5) is 5.69 Å². The Kier molecular flexibility index (Phi) is 4.36. The quantitative estimate of drug-likeness (QED) is 0.531. The number of hydrogen-bond acceptors (Lipinski definition) is 4. The second-order valence-electron chi connectivity index (χ2n) is 7.53. The number of benzene rings is 2. The summed E-state index contributed by atoms with van der Waals surface area (Å²) in [7, 11) is 0. The van der Waals surface area contributed by atoms with Gasteiger partial charge in [0.05, 0.1) is 16.7 Å². The number of esters is 1. The van der Waals surface area contributed by atoms with Crippen LogP contribution in [0.3, 0.4) is 0 Å². The summed E-state index contributed by atoms with van der Waals surface area (Å²) in [6.07, 6.45) is 0.791. The van der Waals surface area contributed by atoms with Crippen molar-refractivity contribution in [2.45, 2.75) is 17.4 Å². The first kappa shape index (κ1) is 18.0. The molecule has 0 spiro atoms. The first-order valence-electron chi connectivity index (χ1n) is 9.20. The second kappa shape index (κ2) is 6.78. The van der Waals surface area contributed by atoms with E-state index in [0.717, 1.165) is 6.42 Å². The Hall–Kier alpha value is -2.05. The third kappa shape index (κ3) is 2.90. The summed E-state index contributed by atoms with van der Waals surface area (Å²) >= 11 is 9.51. The molecule has 1 aliphatic heterocycles. The van der Waals surface area contributed by atoms with Crippen molar-refractivity contribution in [3.63, 3.8) is 0 Å². The maximum atomic E-state index is 12.9. The number of halogens is 2. The number of carbonyl (C=O) groups is 2. The van der Waals surface area contributed by atoms with Crippen molar-refractivity contribution in [2.75, 3.05) is 5.32 Å². The van der Waals surface area contributed by atoms with E-state index in [1.807, 2.05) is 0 Å². The maximum absolute atomic E-state index is 12.9. The minimum absolute atomic E-state index is 0.0612. The van der Waals surface area contributed by atoms with E-state index in [0.29, 0.717) is 22.2 Å². The van der Waals surface area contributed by atoms with E-state index in [1.165, 1.54) is 0 Å². The van der Waals surface area contributed by atoms with E-state index < -0.39 is 0 Å². The van der Waals surface area contributed by atoms with Gasteiger partial charge in [0.25, 0.3) is 0 Å². The van der Waals surface area contributed by atoms with Gasteiger partial charge < -0.3 is 14.8 Å². The lowest BCUT2D eigenvalue weighted by Crippen LogP contribution is -2.40. The lowest BCUT2D eigenvalue weighted by atomic mass is 9.79. The third-order valence-electron chi connectivity index (χ3n) is 6.00. The normalized spacial score (nSPS) is 32.3. The van der Waals surface area contributed by atoms with Crippen molar-refractivity contribution in [3.8, 4) is 11.5 Å². The van der Waals surface area contributed by atoms with Crippen molar-refractivity contribution in [2.24, 2.45) is 23.7 Å². The predicted molar refractivity (Wildman–Crippen MR) is 108 cm³/mol. The topological polar surface area (TPSA) is 64.6 Å². The number of rotatable bonds is 4. The van der Waals surface area contributed by atoms with Crippen molar-refractivity contribution in [1.82, 2.24) is 0 Å². The van der Waals surface area contributed by atoms with Gasteiger partial charge in [0.2, 0.25) is 5.91 Å². The van der Waals surface area contributed by atoms with Gasteiger partial charge in [-0.3, -0.25) is 9.59 Å². The number of hydrogen-bond donors (Lipinski definition) is 1. The fourth-order valence-electron chi connectivity index (χ4n) is 4.80. The van der Waals surface area contributed by atoms with Crippen LogP contribution in [0, 0.1) is 23.7 Å².